The number of anilines is 1. The maximum Gasteiger partial charge on any atom is 0.490 e. The predicted octanol–water partition coefficient (Wildman–Crippen LogP) is 0.0226. The lowest BCUT2D eigenvalue weighted by Crippen LogP contribution is -2.51. The summed E-state index contributed by atoms with van der Waals surface area (Å²) in [5, 5.41) is 10.4. The van der Waals surface area contributed by atoms with Crippen LogP contribution in [0.3, 0.4) is 0 Å². The predicted molar refractivity (Wildman–Crippen MR) is 102 cm³/mol. The van der Waals surface area contributed by atoms with Gasteiger partial charge in [0.25, 0.3) is 0 Å². The number of phosphoric ester groups is 1. The molecule has 0 aliphatic carbocycles. The molecule has 34 heavy (non-hydrogen) atoms. The minimum absolute atomic E-state index is 0.120. The number of nitrogens with two attached hydrogens (primary N) is 1. The van der Waals surface area contributed by atoms with Gasteiger partial charge in [0.1, 0.15) is 24.5 Å². The molecule has 196 valence electrons. The highest BCUT2D eigenvalue weighted by Crippen LogP contribution is 2.67. The summed E-state index contributed by atoms with van der Waals surface area (Å²) in [6.07, 6.45) is -6.81. The van der Waals surface area contributed by atoms with Crippen LogP contribution in [-0.4, -0.2) is 64.4 Å². The van der Waals surface area contributed by atoms with Crippen molar-refractivity contribution in [1.82, 2.24) is 9.55 Å². The quantitative estimate of drug-likeness (QED) is 0.217. The van der Waals surface area contributed by atoms with E-state index in [-0.39, 0.29) is 4.57 Å². The molecule has 3 unspecified atom stereocenters. The highest BCUT2D eigenvalue weighted by Gasteiger charge is 2.63. The Bertz CT molecular complexity index is 1150. The molecule has 16 nitrogen and oxygen atoms in total. The molecule has 1 aromatic heterocycles. The molecule has 1 fully saturated rings. The molecule has 22 heteroatoms. The molecule has 1 aliphatic rings. The fourth-order valence-electron chi connectivity index (χ4n) is 2.98. The number of alkyl halides is 2. The van der Waals surface area contributed by atoms with Gasteiger partial charge in [-0.05, 0) is 13.8 Å². The molecule has 0 amide bonds. The Morgan fingerprint density at radius 2 is 1.79 bits per heavy atom. The van der Waals surface area contributed by atoms with Crippen molar-refractivity contribution in [2.75, 3.05) is 12.4 Å². The number of nitrogen functional groups attached to an aromatic ring is 1. The van der Waals surface area contributed by atoms with Gasteiger partial charge in [-0.2, -0.15) is 13.6 Å². The van der Waals surface area contributed by atoms with Crippen LogP contribution in [0.4, 0.5) is 19.0 Å². The van der Waals surface area contributed by atoms with Crippen LogP contribution in [-0.2, 0) is 31.6 Å². The number of phosphoric acid groups is 3. The average Bonchev–Trinajstić information content (AvgIpc) is 2.87. The van der Waals surface area contributed by atoms with E-state index < -0.39 is 77.2 Å². The Labute approximate surface area is 187 Å². The fraction of sp³-hybridized carbons (Fsp3) is 0.667. The highest BCUT2D eigenvalue weighted by molar-refractivity contribution is 7.66. The smallest absolute Gasteiger partial charge is 0.387 e. The van der Waals surface area contributed by atoms with Crippen molar-refractivity contribution >= 4 is 29.3 Å². The summed E-state index contributed by atoms with van der Waals surface area (Å²) in [4.78, 5) is 51.1. The van der Waals surface area contributed by atoms with Crippen LogP contribution in [0.2, 0.25) is 0 Å². The van der Waals surface area contributed by atoms with E-state index in [1.807, 2.05) is 0 Å². The van der Waals surface area contributed by atoms with Gasteiger partial charge in [0.15, 0.2) is 17.9 Å². The van der Waals surface area contributed by atoms with Gasteiger partial charge in [0.05, 0.1) is 6.20 Å². The Balaban J connectivity index is 2.38. The summed E-state index contributed by atoms with van der Waals surface area (Å²) in [7, 11) is -17.4. The Kier molecular flexibility index (Phi) is 7.98. The lowest BCUT2D eigenvalue weighted by molar-refractivity contribution is -0.120. The second-order valence-corrected chi connectivity index (χ2v) is 11.7. The number of halogens is 3. The largest absolute Gasteiger partial charge is 0.490 e. The van der Waals surface area contributed by atoms with Gasteiger partial charge in [0.2, 0.25) is 5.67 Å². The number of hydrogen-bond acceptors (Lipinski definition) is 11. The van der Waals surface area contributed by atoms with Crippen molar-refractivity contribution in [1.29, 1.82) is 0 Å². The molecule has 1 aliphatic heterocycles. The molecule has 0 spiro atoms. The molecule has 0 aromatic carbocycles. The lowest BCUT2D eigenvalue weighted by Gasteiger charge is -2.34. The molecule has 2 rings (SSSR count). The molecule has 0 saturated carbocycles. The maximum atomic E-state index is 15.4. The van der Waals surface area contributed by atoms with Crippen LogP contribution < -0.4 is 11.4 Å². The SMILES string of the molecule is CC(C)(OP(=O)(O)OP(=O)(O)OP(=O)(O)O)[C@H]1O[C@@H](n2cc(F)c(N)nc2=O)C(F)(CF)[C@H]1O. The molecule has 7 N–H and O–H groups in total. The minimum atomic E-state index is -5.92. The monoisotopic (exact) mass is 563 g/mol. The number of nitrogens with zero attached hydrogens (tertiary/aromatic N) is 2. The van der Waals surface area contributed by atoms with E-state index in [1.165, 1.54) is 0 Å². The third kappa shape index (κ3) is 6.32. The number of aliphatic hydroxyl groups is 1. The Hall–Kier alpha value is -1.20. The number of hydrogen-bond donors (Lipinski definition) is 6. The van der Waals surface area contributed by atoms with Gasteiger partial charge >= 0.3 is 29.2 Å². The molecule has 0 radical (unpaired) electrons. The Morgan fingerprint density at radius 1 is 1.24 bits per heavy atom. The topological polar surface area (TPSA) is 250 Å². The van der Waals surface area contributed by atoms with Crippen molar-refractivity contribution < 1.29 is 69.4 Å². The summed E-state index contributed by atoms with van der Waals surface area (Å²) < 4.78 is 94.0. The zero-order valence-corrected chi connectivity index (χ0v) is 19.6. The van der Waals surface area contributed by atoms with Crippen molar-refractivity contribution in [3.05, 3.63) is 22.5 Å². The zero-order chi connectivity index (χ0) is 26.5. The highest BCUT2D eigenvalue weighted by atomic mass is 31.3. The van der Waals surface area contributed by atoms with Gasteiger partial charge in [-0.1, -0.05) is 0 Å². The van der Waals surface area contributed by atoms with Gasteiger partial charge in [-0.15, -0.1) is 0 Å². The number of aliphatic hydroxyl groups excluding tert-OH is 1. The summed E-state index contributed by atoms with van der Waals surface area (Å²) in [5.41, 5.74) is -2.20. The minimum Gasteiger partial charge on any atom is -0.387 e. The van der Waals surface area contributed by atoms with E-state index in [0.717, 1.165) is 13.8 Å². The first-order valence-electron chi connectivity index (χ1n) is 8.61. The molecule has 2 heterocycles. The molecule has 0 bridgehead atoms. The van der Waals surface area contributed by atoms with E-state index in [4.69, 9.17) is 20.3 Å². The van der Waals surface area contributed by atoms with E-state index in [0.29, 0.717) is 6.20 Å². The molecule has 1 saturated heterocycles. The van der Waals surface area contributed by atoms with E-state index in [2.05, 4.69) is 18.1 Å². The van der Waals surface area contributed by atoms with Gasteiger partial charge in [0, 0.05) is 0 Å². The van der Waals surface area contributed by atoms with Crippen LogP contribution in [0.15, 0.2) is 11.0 Å². The zero-order valence-electron chi connectivity index (χ0n) is 17.0. The van der Waals surface area contributed by atoms with Crippen LogP contribution in [0.5, 0.6) is 0 Å². The maximum absolute atomic E-state index is 15.4. The summed E-state index contributed by atoms with van der Waals surface area (Å²) >= 11 is 0. The number of aromatic nitrogens is 2. The normalized spacial score (nSPS) is 29.5. The van der Waals surface area contributed by atoms with Crippen LogP contribution in [0.25, 0.3) is 0 Å². The van der Waals surface area contributed by atoms with Gasteiger partial charge in [-0.3, -0.25) is 9.09 Å². The van der Waals surface area contributed by atoms with Gasteiger partial charge in [-0.25, -0.2) is 31.7 Å². The van der Waals surface area contributed by atoms with Crippen molar-refractivity contribution in [3.8, 4) is 0 Å². The first-order valence-corrected chi connectivity index (χ1v) is 13.1. The van der Waals surface area contributed by atoms with E-state index in [9.17, 15) is 42.2 Å². The second kappa shape index (κ2) is 9.35. The first kappa shape index (κ1) is 29.0. The van der Waals surface area contributed by atoms with Crippen LogP contribution in [0.1, 0.15) is 20.1 Å². The third-order valence-electron chi connectivity index (χ3n) is 4.31. The second-order valence-electron chi connectivity index (χ2n) is 7.36. The van der Waals surface area contributed by atoms with Crippen molar-refractivity contribution in [2.24, 2.45) is 0 Å². The van der Waals surface area contributed by atoms with Crippen molar-refractivity contribution in [3.63, 3.8) is 0 Å². The summed E-state index contributed by atoms with van der Waals surface area (Å²) in [5.74, 6) is -2.22. The fourth-order valence-corrected chi connectivity index (χ4v) is 6.32. The molecular weight excluding hydrogens is 544 g/mol. The third-order valence-corrected chi connectivity index (χ3v) is 8.34. The van der Waals surface area contributed by atoms with Crippen molar-refractivity contribution in [2.45, 2.75) is 43.6 Å². The summed E-state index contributed by atoms with van der Waals surface area (Å²) in [6.45, 7) is -0.380. The van der Waals surface area contributed by atoms with Crippen LogP contribution in [0, 0.1) is 5.82 Å². The number of ether oxygens (including phenoxy) is 1. The van der Waals surface area contributed by atoms with E-state index >= 15 is 4.39 Å². The molecule has 1 aromatic rings. The standard InChI is InChI=1S/C12H19F3N3O13P3/c1-11(2,29-33(24,25)31-34(26,27)30-32(21,22)23)7-6(19)12(15,4-13)9(28-7)18-3-5(14)8(16)17-10(18)20/h3,6-7,9,19H,4H2,1-2H3,(H,24,25)(H,26,27)(H2,16,17,20)(H2,21,22,23)/t6-,7-,9+,12?/m0/s1. The Morgan fingerprint density at radius 3 is 2.29 bits per heavy atom. The number of rotatable bonds is 9. The average molecular weight is 563 g/mol. The van der Waals surface area contributed by atoms with Crippen LogP contribution >= 0.6 is 23.5 Å². The molecular formula is C12H19F3N3O13P3. The molecule has 6 atom stereocenters. The first-order chi connectivity index (χ1) is 15.1. The lowest BCUT2D eigenvalue weighted by atomic mass is 9.89. The van der Waals surface area contributed by atoms with Gasteiger partial charge < -0.3 is 35.2 Å². The van der Waals surface area contributed by atoms with E-state index in [1.54, 1.807) is 0 Å². The summed E-state index contributed by atoms with van der Waals surface area (Å²) in [6, 6.07) is 0.